The van der Waals surface area contributed by atoms with Crippen LogP contribution in [0.15, 0.2) is 18.2 Å². The molecule has 0 saturated carbocycles. The molecule has 1 aromatic carbocycles. The molecule has 1 heterocycles. The summed E-state index contributed by atoms with van der Waals surface area (Å²) in [5.41, 5.74) is 20.0. The van der Waals surface area contributed by atoms with E-state index in [1.165, 1.54) is 0 Å². The van der Waals surface area contributed by atoms with E-state index in [4.69, 9.17) is 17.2 Å². The molecule has 0 aliphatic carbocycles. The molecule has 5 nitrogen and oxygen atoms in total. The summed E-state index contributed by atoms with van der Waals surface area (Å²) >= 11 is 0. The van der Waals surface area contributed by atoms with Gasteiger partial charge in [-0.2, -0.15) is 0 Å². The third-order valence-corrected chi connectivity index (χ3v) is 3.69. The summed E-state index contributed by atoms with van der Waals surface area (Å²) in [5.74, 6) is 0. The van der Waals surface area contributed by atoms with E-state index in [1.54, 1.807) is 0 Å². The van der Waals surface area contributed by atoms with Crippen molar-refractivity contribution >= 4 is 11.4 Å². The summed E-state index contributed by atoms with van der Waals surface area (Å²) in [7, 11) is 0. The van der Waals surface area contributed by atoms with Gasteiger partial charge in [0.15, 0.2) is 0 Å². The zero-order valence-corrected chi connectivity index (χ0v) is 10.5. The van der Waals surface area contributed by atoms with Crippen LogP contribution in [-0.2, 0) is 6.61 Å². The lowest BCUT2D eigenvalue weighted by Crippen LogP contribution is -2.48. The van der Waals surface area contributed by atoms with Gasteiger partial charge in [0, 0.05) is 42.1 Å². The molecule has 0 aromatic heterocycles. The number of aliphatic hydroxyl groups excluding tert-OH is 1. The predicted molar refractivity (Wildman–Crippen MR) is 74.2 cm³/mol. The molecule has 1 aromatic rings. The number of hydrogen-bond donors (Lipinski definition) is 4. The normalized spacial score (nSPS) is 21.3. The molecule has 0 spiro atoms. The van der Waals surface area contributed by atoms with E-state index in [-0.39, 0.29) is 18.7 Å². The monoisotopic (exact) mass is 250 g/mol. The molecule has 18 heavy (non-hydrogen) atoms. The molecule has 2 unspecified atom stereocenters. The number of aliphatic hydroxyl groups is 1. The van der Waals surface area contributed by atoms with E-state index < -0.39 is 0 Å². The molecule has 7 N–H and O–H groups in total. The Morgan fingerprint density at radius 3 is 2.89 bits per heavy atom. The molecule has 1 saturated heterocycles. The van der Waals surface area contributed by atoms with Crippen LogP contribution in [0.1, 0.15) is 18.4 Å². The highest BCUT2D eigenvalue weighted by Crippen LogP contribution is 2.29. The van der Waals surface area contributed by atoms with Crippen molar-refractivity contribution < 1.29 is 5.11 Å². The maximum Gasteiger partial charge on any atom is 0.0702 e. The van der Waals surface area contributed by atoms with E-state index in [9.17, 15) is 5.11 Å². The van der Waals surface area contributed by atoms with Gasteiger partial charge in [-0.3, -0.25) is 0 Å². The standard InChI is InChI=1S/C13H22N4O/c14-7-12(16)13-2-1-5-17(13)10-3-4-11(15)9(6-10)8-18/h3-4,6,12-13,18H,1-2,5,7-8,14-16H2. The Labute approximate surface area is 108 Å². The van der Waals surface area contributed by atoms with Gasteiger partial charge >= 0.3 is 0 Å². The summed E-state index contributed by atoms with van der Waals surface area (Å²) in [6, 6.07) is 6.03. The molecule has 1 fully saturated rings. The Morgan fingerprint density at radius 2 is 2.22 bits per heavy atom. The average molecular weight is 250 g/mol. The summed E-state index contributed by atoms with van der Waals surface area (Å²) in [4.78, 5) is 2.27. The number of benzene rings is 1. The van der Waals surface area contributed by atoms with Crippen molar-refractivity contribution in [2.45, 2.75) is 31.5 Å². The number of nitrogen functional groups attached to an aromatic ring is 1. The van der Waals surface area contributed by atoms with E-state index in [0.717, 1.165) is 30.6 Å². The summed E-state index contributed by atoms with van der Waals surface area (Å²) in [6.07, 6.45) is 2.19. The first-order valence-corrected chi connectivity index (χ1v) is 6.39. The highest BCUT2D eigenvalue weighted by atomic mass is 16.3. The smallest absolute Gasteiger partial charge is 0.0702 e. The van der Waals surface area contributed by atoms with Crippen LogP contribution in [0, 0.1) is 0 Å². The summed E-state index contributed by atoms with van der Waals surface area (Å²) in [5, 5.41) is 9.26. The van der Waals surface area contributed by atoms with Gasteiger partial charge in [-0.05, 0) is 31.0 Å². The third kappa shape index (κ3) is 2.43. The second kappa shape index (κ2) is 5.56. The van der Waals surface area contributed by atoms with Crippen LogP contribution in [0.3, 0.4) is 0 Å². The maximum absolute atomic E-state index is 9.26. The highest BCUT2D eigenvalue weighted by Gasteiger charge is 2.29. The van der Waals surface area contributed by atoms with Gasteiger partial charge in [0.1, 0.15) is 0 Å². The van der Waals surface area contributed by atoms with Gasteiger partial charge in [-0.25, -0.2) is 0 Å². The zero-order valence-electron chi connectivity index (χ0n) is 10.5. The van der Waals surface area contributed by atoms with Gasteiger partial charge in [-0.1, -0.05) is 0 Å². The van der Waals surface area contributed by atoms with Crippen molar-refractivity contribution in [3.8, 4) is 0 Å². The fraction of sp³-hybridized carbons (Fsp3) is 0.538. The molecule has 100 valence electrons. The Morgan fingerprint density at radius 1 is 1.44 bits per heavy atom. The molecular weight excluding hydrogens is 228 g/mol. The second-order valence-corrected chi connectivity index (χ2v) is 4.84. The predicted octanol–water partition coefficient (Wildman–Crippen LogP) is 0.0159. The largest absolute Gasteiger partial charge is 0.398 e. The van der Waals surface area contributed by atoms with Gasteiger partial charge < -0.3 is 27.2 Å². The topological polar surface area (TPSA) is 102 Å². The molecular formula is C13H22N4O. The third-order valence-electron chi connectivity index (χ3n) is 3.69. The Balaban J connectivity index is 2.24. The SMILES string of the molecule is NCC(N)C1CCCN1c1ccc(N)c(CO)c1. The lowest BCUT2D eigenvalue weighted by atomic mass is 10.1. The number of nitrogens with two attached hydrogens (primary N) is 3. The summed E-state index contributed by atoms with van der Waals surface area (Å²) in [6.45, 7) is 1.43. The molecule has 5 heteroatoms. The first-order valence-electron chi connectivity index (χ1n) is 6.39. The molecule has 1 aliphatic rings. The van der Waals surface area contributed by atoms with E-state index >= 15 is 0 Å². The zero-order chi connectivity index (χ0) is 13.1. The van der Waals surface area contributed by atoms with Crippen molar-refractivity contribution in [1.82, 2.24) is 0 Å². The van der Waals surface area contributed by atoms with Crippen molar-refractivity contribution in [1.29, 1.82) is 0 Å². The lowest BCUT2D eigenvalue weighted by Gasteiger charge is -2.31. The van der Waals surface area contributed by atoms with Crippen LogP contribution >= 0.6 is 0 Å². The van der Waals surface area contributed by atoms with E-state index in [2.05, 4.69) is 4.90 Å². The van der Waals surface area contributed by atoms with Gasteiger partial charge in [-0.15, -0.1) is 0 Å². The molecule has 0 radical (unpaired) electrons. The summed E-state index contributed by atoms with van der Waals surface area (Å²) < 4.78 is 0. The minimum atomic E-state index is -0.0406. The van der Waals surface area contributed by atoms with E-state index in [1.807, 2.05) is 18.2 Å². The van der Waals surface area contributed by atoms with Crippen molar-refractivity contribution in [3.63, 3.8) is 0 Å². The minimum absolute atomic E-state index is 0.0115. The molecule has 1 aliphatic heterocycles. The van der Waals surface area contributed by atoms with Crippen LogP contribution in [0.2, 0.25) is 0 Å². The van der Waals surface area contributed by atoms with Crippen molar-refractivity contribution in [3.05, 3.63) is 23.8 Å². The lowest BCUT2D eigenvalue weighted by molar-refractivity contribution is 0.282. The van der Waals surface area contributed by atoms with Crippen molar-refractivity contribution in [2.24, 2.45) is 11.5 Å². The molecule has 0 bridgehead atoms. The molecule has 0 amide bonds. The fourth-order valence-corrected chi connectivity index (χ4v) is 2.62. The number of rotatable bonds is 4. The first kappa shape index (κ1) is 13.1. The van der Waals surface area contributed by atoms with Crippen LogP contribution in [0.25, 0.3) is 0 Å². The van der Waals surface area contributed by atoms with Gasteiger partial charge in [0.2, 0.25) is 0 Å². The number of nitrogens with zero attached hydrogens (tertiary/aromatic N) is 1. The molecule has 2 rings (SSSR count). The van der Waals surface area contributed by atoms with Crippen LogP contribution in [-0.4, -0.2) is 30.3 Å². The number of hydrogen-bond acceptors (Lipinski definition) is 5. The highest BCUT2D eigenvalue weighted by molar-refractivity contribution is 5.59. The van der Waals surface area contributed by atoms with Gasteiger partial charge in [0.25, 0.3) is 0 Å². The maximum atomic E-state index is 9.26. The number of anilines is 2. The Hall–Kier alpha value is -1.30. The minimum Gasteiger partial charge on any atom is -0.398 e. The quantitative estimate of drug-likeness (QED) is 0.564. The first-order chi connectivity index (χ1) is 8.67. The fourth-order valence-electron chi connectivity index (χ4n) is 2.62. The average Bonchev–Trinajstić information content (AvgIpc) is 2.87. The van der Waals surface area contributed by atoms with Crippen molar-refractivity contribution in [2.75, 3.05) is 23.7 Å². The van der Waals surface area contributed by atoms with Crippen LogP contribution in [0.4, 0.5) is 11.4 Å². The second-order valence-electron chi connectivity index (χ2n) is 4.84. The Bertz CT molecular complexity index is 410. The Kier molecular flexibility index (Phi) is 4.06. The van der Waals surface area contributed by atoms with Gasteiger partial charge in [0.05, 0.1) is 6.61 Å². The van der Waals surface area contributed by atoms with Crippen LogP contribution < -0.4 is 22.1 Å². The van der Waals surface area contributed by atoms with E-state index in [0.29, 0.717) is 12.2 Å². The van der Waals surface area contributed by atoms with Crippen LogP contribution in [0.5, 0.6) is 0 Å². The molecule has 2 atom stereocenters.